The Morgan fingerprint density at radius 2 is 1.85 bits per heavy atom. The Labute approximate surface area is 163 Å². The molecule has 7 nitrogen and oxygen atoms in total. The normalized spacial score (nSPS) is 10.8. The van der Waals surface area contributed by atoms with Crippen molar-refractivity contribution in [3.8, 4) is 0 Å². The van der Waals surface area contributed by atoms with Gasteiger partial charge in [0.05, 0.1) is 21.2 Å². The molecule has 0 saturated heterocycles. The summed E-state index contributed by atoms with van der Waals surface area (Å²) in [6, 6.07) is 9.48. The number of nitrogens with zero attached hydrogens (tertiary/aromatic N) is 1. The second-order valence-electron chi connectivity index (χ2n) is 5.81. The Morgan fingerprint density at radius 3 is 2.44 bits per heavy atom. The molecule has 2 N–H and O–H groups in total. The molecule has 0 aliphatic rings. The molecule has 1 heterocycles. The van der Waals surface area contributed by atoms with Crippen molar-refractivity contribution in [3.63, 3.8) is 0 Å². The second-order valence-corrected chi connectivity index (χ2v) is 6.66. The van der Waals surface area contributed by atoms with E-state index in [0.29, 0.717) is 5.02 Å². The molecule has 0 amide bonds. The molecule has 0 aliphatic carbocycles. The zero-order valence-corrected chi connectivity index (χ0v) is 15.5. The SMILES string of the molecule is CC(=O)c1c(NCc2ccc(Cl)cc2)c2c([N+](=O)[O-])ccc(Cl)c2[nH]c1=O. The number of aromatic nitrogens is 1. The van der Waals surface area contributed by atoms with E-state index >= 15 is 0 Å². The predicted molar refractivity (Wildman–Crippen MR) is 105 cm³/mol. The number of non-ortho nitro benzene ring substituents is 1. The van der Waals surface area contributed by atoms with Crippen LogP contribution in [-0.4, -0.2) is 15.7 Å². The van der Waals surface area contributed by atoms with E-state index in [2.05, 4.69) is 10.3 Å². The summed E-state index contributed by atoms with van der Waals surface area (Å²) in [4.78, 5) is 37.9. The number of hydrogen-bond donors (Lipinski definition) is 2. The molecule has 0 spiro atoms. The lowest BCUT2D eigenvalue weighted by atomic mass is 10.0. The molecule has 0 bridgehead atoms. The predicted octanol–water partition coefficient (Wildman–Crippen LogP) is 4.56. The minimum atomic E-state index is -0.670. The number of carbonyl (C=O) groups excluding carboxylic acids is 1. The first kappa shape index (κ1) is 18.9. The molecule has 3 aromatic rings. The van der Waals surface area contributed by atoms with Gasteiger partial charge in [-0.15, -0.1) is 0 Å². The molecule has 0 aliphatic heterocycles. The Hall–Kier alpha value is -2.90. The Bertz CT molecular complexity index is 1120. The molecule has 0 saturated carbocycles. The van der Waals surface area contributed by atoms with Crippen molar-refractivity contribution in [2.45, 2.75) is 13.5 Å². The van der Waals surface area contributed by atoms with E-state index in [-0.39, 0.29) is 39.4 Å². The summed E-state index contributed by atoms with van der Waals surface area (Å²) < 4.78 is 0. The summed E-state index contributed by atoms with van der Waals surface area (Å²) in [6.45, 7) is 1.44. The minimum absolute atomic E-state index is 0.0744. The van der Waals surface area contributed by atoms with Crippen molar-refractivity contribution in [2.75, 3.05) is 5.32 Å². The van der Waals surface area contributed by atoms with Gasteiger partial charge in [0.2, 0.25) is 0 Å². The highest BCUT2D eigenvalue weighted by molar-refractivity contribution is 6.36. The summed E-state index contributed by atoms with van der Waals surface area (Å²) >= 11 is 12.0. The van der Waals surface area contributed by atoms with Crippen molar-refractivity contribution >= 4 is 51.3 Å². The lowest BCUT2D eigenvalue weighted by Crippen LogP contribution is -2.20. The third-order valence-electron chi connectivity index (χ3n) is 4.03. The number of aromatic amines is 1. The van der Waals surface area contributed by atoms with Crippen LogP contribution in [0.2, 0.25) is 10.0 Å². The maximum absolute atomic E-state index is 12.4. The smallest absolute Gasteiger partial charge is 0.280 e. The number of nitro benzene ring substituents is 1. The minimum Gasteiger partial charge on any atom is -0.379 e. The molecule has 0 radical (unpaired) electrons. The average Bonchev–Trinajstić information content (AvgIpc) is 2.61. The zero-order valence-electron chi connectivity index (χ0n) is 14.0. The number of Topliss-reactive ketones (excluding diaryl/α,β-unsaturated/α-hetero) is 1. The Kier molecular flexibility index (Phi) is 5.16. The van der Waals surface area contributed by atoms with Crippen molar-refractivity contribution in [1.82, 2.24) is 4.98 Å². The largest absolute Gasteiger partial charge is 0.379 e. The number of anilines is 1. The average molecular weight is 406 g/mol. The summed E-state index contributed by atoms with van der Waals surface area (Å²) in [5.74, 6) is -0.522. The van der Waals surface area contributed by atoms with Gasteiger partial charge in [0.1, 0.15) is 10.9 Å². The van der Waals surface area contributed by atoms with Crippen LogP contribution in [-0.2, 0) is 6.54 Å². The molecular weight excluding hydrogens is 393 g/mol. The van der Waals surface area contributed by atoms with Crippen LogP contribution in [0.3, 0.4) is 0 Å². The fraction of sp³-hybridized carbons (Fsp3) is 0.111. The number of nitro groups is 1. The van der Waals surface area contributed by atoms with Crippen LogP contribution in [0.4, 0.5) is 11.4 Å². The summed E-state index contributed by atoms with van der Waals surface area (Å²) in [5, 5.41) is 15.3. The Balaban J connectivity index is 2.26. The number of hydrogen-bond acceptors (Lipinski definition) is 5. The van der Waals surface area contributed by atoms with Gasteiger partial charge in [-0.1, -0.05) is 35.3 Å². The van der Waals surface area contributed by atoms with Gasteiger partial charge in [0.15, 0.2) is 5.78 Å². The number of pyridine rings is 1. The standard InChI is InChI=1S/C18H13Cl2N3O4/c1-9(24)14-17(21-8-10-2-4-11(19)5-3-10)15-13(23(26)27)7-6-12(20)16(15)22-18(14)25/h2-7H,8H2,1H3,(H2,21,22,25). The summed E-state index contributed by atoms with van der Waals surface area (Å²) in [6.07, 6.45) is 0. The maximum Gasteiger partial charge on any atom is 0.280 e. The van der Waals surface area contributed by atoms with Gasteiger partial charge in [0, 0.05) is 17.6 Å². The van der Waals surface area contributed by atoms with Gasteiger partial charge in [-0.25, -0.2) is 0 Å². The van der Waals surface area contributed by atoms with Crippen molar-refractivity contribution in [1.29, 1.82) is 0 Å². The van der Waals surface area contributed by atoms with Gasteiger partial charge in [-0.2, -0.15) is 0 Å². The Morgan fingerprint density at radius 1 is 1.19 bits per heavy atom. The van der Waals surface area contributed by atoms with E-state index in [1.54, 1.807) is 24.3 Å². The molecule has 1 aromatic heterocycles. The molecule has 0 unspecified atom stereocenters. The third-order valence-corrected chi connectivity index (χ3v) is 4.60. The van der Waals surface area contributed by atoms with Crippen LogP contribution < -0.4 is 10.9 Å². The van der Waals surface area contributed by atoms with Gasteiger partial charge in [-0.05, 0) is 30.7 Å². The topological polar surface area (TPSA) is 105 Å². The monoisotopic (exact) mass is 405 g/mol. The van der Waals surface area contributed by atoms with Crippen molar-refractivity contribution < 1.29 is 9.72 Å². The highest BCUT2D eigenvalue weighted by Crippen LogP contribution is 2.36. The fourth-order valence-corrected chi connectivity index (χ4v) is 3.14. The number of rotatable bonds is 5. The first-order valence-corrected chi connectivity index (χ1v) is 8.57. The zero-order chi connectivity index (χ0) is 19.7. The maximum atomic E-state index is 12.4. The van der Waals surface area contributed by atoms with Crippen molar-refractivity contribution in [2.24, 2.45) is 0 Å². The molecule has 9 heteroatoms. The molecule has 2 aromatic carbocycles. The van der Waals surface area contributed by atoms with E-state index in [9.17, 15) is 19.7 Å². The number of carbonyl (C=O) groups is 1. The quantitative estimate of drug-likeness (QED) is 0.367. The highest BCUT2D eigenvalue weighted by atomic mass is 35.5. The van der Waals surface area contributed by atoms with E-state index < -0.39 is 16.3 Å². The molecule has 0 fully saturated rings. The second kappa shape index (κ2) is 7.38. The van der Waals surface area contributed by atoms with E-state index in [1.165, 1.54) is 19.1 Å². The fourth-order valence-electron chi connectivity index (χ4n) is 2.81. The molecule has 27 heavy (non-hydrogen) atoms. The van der Waals surface area contributed by atoms with Crippen LogP contribution >= 0.6 is 23.2 Å². The summed E-state index contributed by atoms with van der Waals surface area (Å²) in [7, 11) is 0. The van der Waals surface area contributed by atoms with Crippen molar-refractivity contribution in [3.05, 3.63) is 78.0 Å². The number of H-pyrrole nitrogens is 1. The van der Waals surface area contributed by atoms with Gasteiger partial charge in [-0.3, -0.25) is 19.7 Å². The third kappa shape index (κ3) is 3.65. The summed E-state index contributed by atoms with van der Waals surface area (Å²) in [5.41, 5.74) is -0.151. The van der Waals surface area contributed by atoms with E-state index in [4.69, 9.17) is 23.2 Å². The number of fused-ring (bicyclic) bond motifs is 1. The molecule has 0 atom stereocenters. The van der Waals surface area contributed by atoms with E-state index in [0.717, 1.165) is 5.56 Å². The number of benzene rings is 2. The van der Waals surface area contributed by atoms with Crippen LogP contribution in [0.1, 0.15) is 22.8 Å². The van der Waals surface area contributed by atoms with E-state index in [1.807, 2.05) is 0 Å². The lowest BCUT2D eigenvalue weighted by molar-refractivity contribution is -0.383. The first-order chi connectivity index (χ1) is 12.8. The van der Waals surface area contributed by atoms with Crippen LogP contribution in [0.5, 0.6) is 0 Å². The number of ketones is 1. The first-order valence-electron chi connectivity index (χ1n) is 7.81. The molecular formula is C18H13Cl2N3O4. The van der Waals surface area contributed by atoms with Crippen LogP contribution in [0, 0.1) is 10.1 Å². The van der Waals surface area contributed by atoms with Crippen LogP contribution in [0.25, 0.3) is 10.9 Å². The number of nitrogens with one attached hydrogen (secondary N) is 2. The lowest BCUT2D eigenvalue weighted by Gasteiger charge is -2.14. The molecule has 3 rings (SSSR count). The van der Waals surface area contributed by atoms with Gasteiger partial charge < -0.3 is 10.3 Å². The van der Waals surface area contributed by atoms with Gasteiger partial charge in [0.25, 0.3) is 11.2 Å². The van der Waals surface area contributed by atoms with Gasteiger partial charge >= 0.3 is 0 Å². The van der Waals surface area contributed by atoms with Crippen LogP contribution in [0.15, 0.2) is 41.2 Å². The molecule has 138 valence electrons. The number of halogens is 2. The highest BCUT2D eigenvalue weighted by Gasteiger charge is 2.24.